The highest BCUT2D eigenvalue weighted by Gasteiger charge is 2.11. The normalized spacial score (nSPS) is 16.6. The van der Waals surface area contributed by atoms with E-state index in [-0.39, 0.29) is 25.1 Å². The van der Waals surface area contributed by atoms with Gasteiger partial charge >= 0.3 is 0 Å². The third kappa shape index (κ3) is 16.9. The number of carbonyl (C=O) groups is 1. The SMILES string of the molecule is [2H][Si]([B])(OC[C@@H](CN)NC(=O)CCCCCCCCCCCCC)P[3H]. The number of unbranched alkanes of at least 4 members (excludes halogenated alkanes) is 10. The molecule has 2 unspecified atom stereocenters. The van der Waals surface area contributed by atoms with Crippen LogP contribution >= 0.6 is 8.73 Å². The highest BCUT2D eigenvalue weighted by atomic mass is 31.3. The van der Waals surface area contributed by atoms with E-state index in [4.69, 9.17) is 20.1 Å². The summed E-state index contributed by atoms with van der Waals surface area (Å²) in [6.45, 7) is 2.61. The van der Waals surface area contributed by atoms with E-state index in [0.29, 0.717) is 6.42 Å². The van der Waals surface area contributed by atoms with Crippen LogP contribution in [-0.2, 0) is 9.22 Å². The summed E-state index contributed by atoms with van der Waals surface area (Å²) in [6, 6.07) is -0.327. The minimum Gasteiger partial charge on any atom is -0.423 e. The number of rotatable bonds is 18. The smallest absolute Gasteiger partial charge is 0.220 e. The van der Waals surface area contributed by atoms with E-state index in [1.54, 1.807) is 0 Å². The Morgan fingerprint density at radius 2 is 1.79 bits per heavy atom. The van der Waals surface area contributed by atoms with Gasteiger partial charge in [-0.05, 0) is 6.42 Å². The molecule has 7 heteroatoms. The van der Waals surface area contributed by atoms with Gasteiger partial charge < -0.3 is 15.5 Å². The van der Waals surface area contributed by atoms with Gasteiger partial charge in [-0.3, -0.25) is 4.79 Å². The first-order chi connectivity index (χ1) is 12.4. The fourth-order valence-electron chi connectivity index (χ4n) is 2.61. The lowest BCUT2D eigenvalue weighted by molar-refractivity contribution is -0.122. The minimum absolute atomic E-state index is 0.0254. The summed E-state index contributed by atoms with van der Waals surface area (Å²) in [7, 11) is 1.99. The van der Waals surface area contributed by atoms with Crippen LogP contribution in [0.1, 0.15) is 84.0 Å². The average molecular weight is 375 g/mol. The lowest BCUT2D eigenvalue weighted by Gasteiger charge is -2.18. The summed E-state index contributed by atoms with van der Waals surface area (Å²) in [4.78, 5) is 11.9. The lowest BCUT2D eigenvalue weighted by atomic mass is 10.1. The molecular formula is C17H38BN2O2PSi. The number of carbonyl (C=O) groups excluding carboxylic acids is 1. The maximum Gasteiger partial charge on any atom is 0.220 e. The van der Waals surface area contributed by atoms with Crippen molar-refractivity contribution in [3.05, 3.63) is 0 Å². The molecule has 0 aromatic rings. The van der Waals surface area contributed by atoms with Crippen molar-refractivity contribution < 1.29 is 9.22 Å². The second-order valence-corrected chi connectivity index (χ2v) is 8.96. The molecule has 3 atom stereocenters. The molecule has 2 radical (unpaired) electrons. The minimum atomic E-state index is -3.13. The van der Waals surface area contributed by atoms with Gasteiger partial charge in [0.2, 0.25) is 5.91 Å². The van der Waals surface area contributed by atoms with Crippen molar-refractivity contribution in [1.29, 1.82) is 2.51 Å². The second-order valence-electron chi connectivity index (χ2n) is 6.46. The molecule has 0 fully saturated rings. The number of amides is 1. The molecule has 1 amide bonds. The highest BCUT2D eigenvalue weighted by molar-refractivity contribution is 7.70. The van der Waals surface area contributed by atoms with E-state index < -0.39 is 17.2 Å². The Balaban J connectivity index is 3.57. The Bertz CT molecular complexity index is 359. The van der Waals surface area contributed by atoms with Gasteiger partial charge in [0, 0.05) is 14.2 Å². The summed E-state index contributed by atoms with van der Waals surface area (Å²) < 4.78 is 20.1. The quantitative estimate of drug-likeness (QED) is 0.220. The number of nitrogens with one attached hydrogen (secondary N) is 1. The largest absolute Gasteiger partial charge is 0.423 e. The monoisotopic (exact) mass is 375 g/mol. The molecule has 0 spiro atoms. The fourth-order valence-corrected chi connectivity index (χ4v) is 3.24. The van der Waals surface area contributed by atoms with Crippen molar-refractivity contribution in [2.75, 3.05) is 13.2 Å². The van der Waals surface area contributed by atoms with Gasteiger partial charge in [0.15, 0.2) is 0 Å². The van der Waals surface area contributed by atoms with Crippen LogP contribution in [0.3, 0.4) is 0 Å². The van der Waals surface area contributed by atoms with E-state index in [9.17, 15) is 4.79 Å². The predicted molar refractivity (Wildman–Crippen MR) is 111 cm³/mol. The first-order valence-electron chi connectivity index (χ1n) is 10.6. The average Bonchev–Trinajstić information content (AvgIpc) is 2.63. The molecular weight excluding hydrogens is 334 g/mol. The van der Waals surface area contributed by atoms with Gasteiger partial charge in [0.1, 0.15) is 8.51 Å². The molecule has 3 N–H and O–H groups in total. The summed E-state index contributed by atoms with van der Waals surface area (Å²) >= 11 is 0. The van der Waals surface area contributed by atoms with Crippen LogP contribution in [-0.4, -0.2) is 43.6 Å². The summed E-state index contributed by atoms with van der Waals surface area (Å²) in [5, 5.41) is 2.84. The first kappa shape index (κ1) is 20.4. The summed E-state index contributed by atoms with van der Waals surface area (Å²) in [6.07, 6.45) is 14.3. The van der Waals surface area contributed by atoms with Crippen molar-refractivity contribution in [3.63, 3.8) is 0 Å². The van der Waals surface area contributed by atoms with Crippen molar-refractivity contribution in [2.24, 2.45) is 5.73 Å². The second kappa shape index (κ2) is 17.9. The van der Waals surface area contributed by atoms with Gasteiger partial charge in [-0.2, -0.15) is 0 Å². The van der Waals surface area contributed by atoms with Crippen LogP contribution in [0, 0.1) is 0 Å². The van der Waals surface area contributed by atoms with Crippen LogP contribution in [0.4, 0.5) is 0 Å². The van der Waals surface area contributed by atoms with Crippen LogP contribution in [0.5, 0.6) is 0 Å². The Hall–Kier alpha value is 0.102. The summed E-state index contributed by atoms with van der Waals surface area (Å²) in [5.41, 5.74) is 5.63. The third-order valence-corrected chi connectivity index (χ3v) is 5.01. The lowest BCUT2D eigenvalue weighted by Crippen LogP contribution is -2.44. The molecule has 0 aromatic carbocycles. The molecule has 0 aliphatic carbocycles. The Labute approximate surface area is 157 Å². The number of hydrogen-bond donors (Lipinski definition) is 2. The Morgan fingerprint density at radius 3 is 2.29 bits per heavy atom. The van der Waals surface area contributed by atoms with Crippen molar-refractivity contribution in [3.8, 4) is 0 Å². The topological polar surface area (TPSA) is 64.3 Å². The number of hydrogen-bond acceptors (Lipinski definition) is 3. The van der Waals surface area contributed by atoms with Gasteiger partial charge in [-0.25, -0.2) is 0 Å². The van der Waals surface area contributed by atoms with Crippen LogP contribution in [0.25, 0.3) is 0 Å². The molecule has 0 bridgehead atoms. The molecule has 0 aliphatic rings. The summed E-state index contributed by atoms with van der Waals surface area (Å²) in [5.74, 6) is -0.0254. The van der Waals surface area contributed by atoms with Crippen molar-refractivity contribution in [1.82, 2.24) is 5.32 Å². The van der Waals surface area contributed by atoms with Crippen LogP contribution in [0.15, 0.2) is 0 Å². The van der Waals surface area contributed by atoms with Gasteiger partial charge in [-0.1, -0.05) is 71.1 Å². The van der Waals surface area contributed by atoms with Crippen LogP contribution < -0.4 is 11.1 Å². The molecule has 24 heavy (non-hydrogen) atoms. The number of nitrogens with two attached hydrogens (primary N) is 1. The van der Waals surface area contributed by atoms with Gasteiger partial charge in [0.25, 0.3) is 0 Å². The molecule has 0 saturated heterocycles. The Kier molecular flexibility index (Phi) is 15.2. The molecule has 0 aromatic heterocycles. The maximum absolute atomic E-state index is 11.9. The zero-order valence-corrected chi connectivity index (χ0v) is 17.4. The van der Waals surface area contributed by atoms with Crippen LogP contribution in [0.2, 0.25) is 0 Å². The standard InChI is InChI=1S/C17H38BN2O2PSi/c1-2-3-4-5-6-7-8-9-10-11-12-13-17(21)20-16(14-19)15-22-24(18)23/h16,24H,2-15,19,23H2,1H3,(H,20,21)/t16-,24?/m1/s1/i23T,24D/t16-,23?,24?. The Morgan fingerprint density at radius 1 is 1.25 bits per heavy atom. The molecule has 0 rings (SSSR count). The van der Waals surface area contributed by atoms with E-state index in [1.165, 1.54) is 57.8 Å². The van der Waals surface area contributed by atoms with E-state index >= 15 is 0 Å². The maximum atomic E-state index is 11.9. The van der Waals surface area contributed by atoms with Crippen molar-refractivity contribution in [2.45, 2.75) is 90.0 Å². The zero-order chi connectivity index (χ0) is 19.7. The van der Waals surface area contributed by atoms with Gasteiger partial charge in [-0.15, -0.1) is 8.73 Å². The first-order valence-corrected chi connectivity index (χ1v) is 12.5. The highest BCUT2D eigenvalue weighted by Crippen LogP contribution is 2.11. The zero-order valence-electron chi connectivity index (χ0n) is 17.4. The molecule has 4 nitrogen and oxygen atoms in total. The van der Waals surface area contributed by atoms with Crippen molar-refractivity contribution >= 4 is 30.6 Å². The van der Waals surface area contributed by atoms with E-state index in [2.05, 4.69) is 12.2 Å². The molecule has 140 valence electrons. The van der Waals surface area contributed by atoms with E-state index in [0.717, 1.165) is 12.8 Å². The molecule has 0 aliphatic heterocycles. The van der Waals surface area contributed by atoms with Gasteiger partial charge in [0.05, 0.1) is 21.4 Å². The van der Waals surface area contributed by atoms with E-state index in [1.807, 2.05) is 0 Å². The molecule has 0 heterocycles. The fraction of sp³-hybridized carbons (Fsp3) is 0.941. The predicted octanol–water partition coefficient (Wildman–Crippen LogP) is 2.91. The molecule has 0 saturated carbocycles. The third-order valence-electron chi connectivity index (χ3n) is 4.10.